The number of carbonyl (C=O) groups is 1. The molecule has 3 rings (SSSR count). The summed E-state index contributed by atoms with van der Waals surface area (Å²) < 4.78 is 32.7. The number of fused-ring (bicyclic) bond motifs is 1. The first kappa shape index (κ1) is 16.7. The molecule has 0 aliphatic carbocycles. The Labute approximate surface area is 140 Å². The smallest absolute Gasteiger partial charge is 0.222 e. The van der Waals surface area contributed by atoms with Crippen LogP contribution in [-0.4, -0.2) is 40.7 Å². The number of carbonyl (C=O) groups excluding carboxylic acids is 1. The zero-order valence-corrected chi connectivity index (χ0v) is 14.2. The van der Waals surface area contributed by atoms with E-state index in [2.05, 4.69) is 10.4 Å². The van der Waals surface area contributed by atoms with Gasteiger partial charge in [-0.25, -0.2) is 8.42 Å². The summed E-state index contributed by atoms with van der Waals surface area (Å²) >= 11 is 0. The summed E-state index contributed by atoms with van der Waals surface area (Å²) in [6.45, 7) is 2.47. The second-order valence-corrected chi connectivity index (χ2v) is 7.93. The van der Waals surface area contributed by atoms with E-state index in [4.69, 9.17) is 4.42 Å². The summed E-state index contributed by atoms with van der Waals surface area (Å²) in [6.07, 6.45) is 3.34. The van der Waals surface area contributed by atoms with E-state index in [1.807, 2.05) is 0 Å². The van der Waals surface area contributed by atoms with E-state index in [0.29, 0.717) is 18.8 Å². The summed E-state index contributed by atoms with van der Waals surface area (Å²) in [5.74, 6) is 0.536. The van der Waals surface area contributed by atoms with E-state index < -0.39 is 10.0 Å². The van der Waals surface area contributed by atoms with Crippen molar-refractivity contribution >= 4 is 15.9 Å². The standard InChI is InChI=1S/C15H20N4O4S/c1-2-24(21,22)18-10-12-5-6-17-19(12)13(11-18)8-15(20)16-9-14-4-3-7-23-14/h3-7,13H,2,8-11H2,1H3,(H,16,20)/t13-/m0/s1. The highest BCUT2D eigenvalue weighted by atomic mass is 32.2. The number of furan rings is 1. The first-order valence-corrected chi connectivity index (χ1v) is 9.40. The summed E-state index contributed by atoms with van der Waals surface area (Å²) in [5.41, 5.74) is 0.794. The molecule has 1 N–H and O–H groups in total. The molecule has 2 aromatic heterocycles. The lowest BCUT2D eigenvalue weighted by atomic mass is 10.1. The van der Waals surface area contributed by atoms with E-state index in [1.54, 1.807) is 42.3 Å². The summed E-state index contributed by atoms with van der Waals surface area (Å²) in [7, 11) is -3.31. The van der Waals surface area contributed by atoms with Gasteiger partial charge in [0.2, 0.25) is 15.9 Å². The Hall–Kier alpha value is -2.13. The van der Waals surface area contributed by atoms with Crippen LogP contribution in [0.3, 0.4) is 0 Å². The van der Waals surface area contributed by atoms with Crippen molar-refractivity contribution in [2.75, 3.05) is 12.3 Å². The third-order valence-corrected chi connectivity index (χ3v) is 5.86. The van der Waals surface area contributed by atoms with Crippen molar-refractivity contribution in [1.29, 1.82) is 0 Å². The molecule has 1 amide bonds. The second-order valence-electron chi connectivity index (χ2n) is 5.67. The molecule has 0 saturated carbocycles. The normalized spacial score (nSPS) is 18.3. The van der Waals surface area contributed by atoms with Gasteiger partial charge >= 0.3 is 0 Å². The first-order valence-electron chi connectivity index (χ1n) is 7.79. The van der Waals surface area contributed by atoms with Crippen molar-refractivity contribution in [2.24, 2.45) is 0 Å². The van der Waals surface area contributed by atoms with Crippen LogP contribution in [0.15, 0.2) is 35.1 Å². The van der Waals surface area contributed by atoms with E-state index in [1.165, 1.54) is 4.31 Å². The van der Waals surface area contributed by atoms with Crippen molar-refractivity contribution < 1.29 is 17.6 Å². The third-order valence-electron chi connectivity index (χ3n) is 4.07. The molecular weight excluding hydrogens is 332 g/mol. The number of nitrogens with zero attached hydrogens (tertiary/aromatic N) is 3. The number of aromatic nitrogens is 2. The van der Waals surface area contributed by atoms with Crippen molar-refractivity contribution in [2.45, 2.75) is 32.5 Å². The highest BCUT2D eigenvalue weighted by Crippen LogP contribution is 2.25. The van der Waals surface area contributed by atoms with Crippen LogP contribution in [0.1, 0.15) is 30.8 Å². The van der Waals surface area contributed by atoms with E-state index in [-0.39, 0.29) is 30.7 Å². The maximum absolute atomic E-state index is 12.2. The van der Waals surface area contributed by atoms with Gasteiger partial charge in [-0.3, -0.25) is 9.48 Å². The number of rotatable bonds is 6. The molecule has 130 valence electrons. The summed E-state index contributed by atoms with van der Waals surface area (Å²) in [6, 6.07) is 5.00. The highest BCUT2D eigenvalue weighted by Gasteiger charge is 2.32. The van der Waals surface area contributed by atoms with Crippen molar-refractivity contribution in [3.05, 3.63) is 42.1 Å². The lowest BCUT2D eigenvalue weighted by Crippen LogP contribution is -2.43. The van der Waals surface area contributed by atoms with Crippen LogP contribution in [-0.2, 0) is 27.9 Å². The Kier molecular flexibility index (Phi) is 4.72. The predicted molar refractivity (Wildman–Crippen MR) is 86.3 cm³/mol. The largest absolute Gasteiger partial charge is 0.467 e. The van der Waals surface area contributed by atoms with Gasteiger partial charge in [0.15, 0.2) is 0 Å². The molecule has 1 atom stereocenters. The van der Waals surface area contributed by atoms with Crippen molar-refractivity contribution in [1.82, 2.24) is 19.4 Å². The minimum absolute atomic E-state index is 0.0402. The highest BCUT2D eigenvalue weighted by molar-refractivity contribution is 7.89. The Balaban J connectivity index is 1.68. The molecule has 0 aromatic carbocycles. The number of hydrogen-bond donors (Lipinski definition) is 1. The molecule has 0 spiro atoms. The summed E-state index contributed by atoms with van der Waals surface area (Å²) in [4.78, 5) is 12.2. The minimum Gasteiger partial charge on any atom is -0.467 e. The van der Waals surface area contributed by atoms with Gasteiger partial charge in [0.05, 0.1) is 43.3 Å². The third kappa shape index (κ3) is 3.51. The van der Waals surface area contributed by atoms with E-state index in [9.17, 15) is 13.2 Å². The molecular formula is C15H20N4O4S. The first-order chi connectivity index (χ1) is 11.5. The fourth-order valence-electron chi connectivity index (χ4n) is 2.78. The van der Waals surface area contributed by atoms with Gasteiger partial charge in [-0.1, -0.05) is 0 Å². The fraction of sp³-hybridized carbons (Fsp3) is 0.467. The van der Waals surface area contributed by atoms with Crippen LogP contribution in [0.25, 0.3) is 0 Å². The molecule has 8 nitrogen and oxygen atoms in total. The zero-order valence-electron chi connectivity index (χ0n) is 13.4. The Morgan fingerprint density at radius 2 is 2.29 bits per heavy atom. The number of hydrogen-bond acceptors (Lipinski definition) is 5. The van der Waals surface area contributed by atoms with Crippen LogP contribution in [0.5, 0.6) is 0 Å². The number of sulfonamides is 1. The molecule has 3 heterocycles. The zero-order chi connectivity index (χ0) is 17.2. The minimum atomic E-state index is -3.31. The average molecular weight is 352 g/mol. The molecule has 2 aromatic rings. The van der Waals surface area contributed by atoms with Crippen molar-refractivity contribution in [3.63, 3.8) is 0 Å². The lowest BCUT2D eigenvalue weighted by Gasteiger charge is -2.32. The van der Waals surface area contributed by atoms with Crippen LogP contribution in [0.2, 0.25) is 0 Å². The monoisotopic (exact) mass is 352 g/mol. The molecule has 1 aliphatic heterocycles. The average Bonchev–Trinajstić information content (AvgIpc) is 3.24. The SMILES string of the molecule is CCS(=O)(=O)N1Cc2ccnn2[C@@H](CC(=O)NCc2ccco2)C1. The molecule has 0 radical (unpaired) electrons. The Morgan fingerprint density at radius 1 is 1.46 bits per heavy atom. The van der Waals surface area contributed by atoms with Gasteiger partial charge in [-0.2, -0.15) is 9.40 Å². The Bertz CT molecular complexity index is 797. The molecule has 0 bridgehead atoms. The molecule has 9 heteroatoms. The topological polar surface area (TPSA) is 97.4 Å². The van der Waals surface area contributed by atoms with Crippen LogP contribution < -0.4 is 5.32 Å². The van der Waals surface area contributed by atoms with Gasteiger partial charge in [0.25, 0.3) is 0 Å². The number of amides is 1. The molecule has 0 saturated heterocycles. The quantitative estimate of drug-likeness (QED) is 0.833. The summed E-state index contributed by atoms with van der Waals surface area (Å²) in [5, 5.41) is 7.02. The molecule has 0 unspecified atom stereocenters. The molecule has 1 aliphatic rings. The maximum atomic E-state index is 12.2. The molecule has 24 heavy (non-hydrogen) atoms. The lowest BCUT2D eigenvalue weighted by molar-refractivity contribution is -0.122. The van der Waals surface area contributed by atoms with Crippen LogP contribution in [0.4, 0.5) is 0 Å². The van der Waals surface area contributed by atoms with Gasteiger partial charge in [0.1, 0.15) is 5.76 Å². The van der Waals surface area contributed by atoms with Gasteiger partial charge < -0.3 is 9.73 Å². The van der Waals surface area contributed by atoms with Crippen LogP contribution >= 0.6 is 0 Å². The molecule has 0 fully saturated rings. The maximum Gasteiger partial charge on any atom is 0.222 e. The van der Waals surface area contributed by atoms with Gasteiger partial charge in [-0.05, 0) is 25.1 Å². The second kappa shape index (κ2) is 6.78. The predicted octanol–water partition coefficient (Wildman–Crippen LogP) is 0.889. The Morgan fingerprint density at radius 3 is 3.00 bits per heavy atom. The number of nitrogens with one attached hydrogen (secondary N) is 1. The van der Waals surface area contributed by atoms with Gasteiger partial charge in [-0.15, -0.1) is 0 Å². The van der Waals surface area contributed by atoms with E-state index >= 15 is 0 Å². The van der Waals surface area contributed by atoms with Crippen LogP contribution in [0, 0.1) is 0 Å². The van der Waals surface area contributed by atoms with Crippen molar-refractivity contribution in [3.8, 4) is 0 Å². The van der Waals surface area contributed by atoms with E-state index in [0.717, 1.165) is 5.69 Å². The van der Waals surface area contributed by atoms with Gasteiger partial charge in [0, 0.05) is 12.7 Å². The fourth-order valence-corrected chi connectivity index (χ4v) is 3.88.